The molecule has 10 heteroatoms. The molecule has 0 bridgehead atoms. The average molecular weight is 414 g/mol. The number of hydrogen-bond donors (Lipinski definition) is 2. The van der Waals surface area contributed by atoms with Crippen LogP contribution in [0.1, 0.15) is 53.4 Å². The molecule has 1 saturated carbocycles. The van der Waals surface area contributed by atoms with Gasteiger partial charge in [-0.15, -0.1) is 0 Å². The van der Waals surface area contributed by atoms with Crippen molar-refractivity contribution in [2.75, 3.05) is 39.0 Å². The number of nitrogens with one attached hydrogen (secondary N) is 2. The van der Waals surface area contributed by atoms with Gasteiger partial charge in [0.2, 0.25) is 0 Å². The van der Waals surface area contributed by atoms with E-state index in [9.17, 15) is 9.13 Å². The molecule has 0 radical (unpaired) electrons. The van der Waals surface area contributed by atoms with Gasteiger partial charge in [-0.25, -0.2) is 0 Å². The molecule has 0 spiro atoms. The summed E-state index contributed by atoms with van der Waals surface area (Å²) < 4.78 is 46.6. The van der Waals surface area contributed by atoms with E-state index in [1.807, 2.05) is 0 Å². The highest BCUT2D eigenvalue weighted by molar-refractivity contribution is 7.54. The van der Waals surface area contributed by atoms with Gasteiger partial charge in [-0.3, -0.25) is 9.13 Å². The fraction of sp³-hybridized carbons (Fsp3) is 1.00. The molecular weight excluding hydrogens is 378 g/mol. The van der Waals surface area contributed by atoms with E-state index >= 15 is 0 Å². The maximum atomic E-state index is 12.6. The summed E-state index contributed by atoms with van der Waals surface area (Å²) in [7, 11) is -6.26. The van der Waals surface area contributed by atoms with E-state index in [2.05, 4.69) is 10.6 Å². The van der Waals surface area contributed by atoms with Crippen molar-refractivity contribution in [3.63, 3.8) is 0 Å². The Bertz CT molecular complexity index is 418. The minimum absolute atomic E-state index is 0.106. The van der Waals surface area contributed by atoms with Crippen LogP contribution in [-0.4, -0.2) is 51.1 Å². The summed E-state index contributed by atoms with van der Waals surface area (Å²) in [4.78, 5) is 0. The molecule has 0 heterocycles. The Labute approximate surface area is 158 Å². The van der Waals surface area contributed by atoms with Crippen LogP contribution >= 0.6 is 15.2 Å². The second-order valence-electron chi connectivity index (χ2n) is 6.11. The van der Waals surface area contributed by atoms with Crippen molar-refractivity contribution in [1.82, 2.24) is 10.6 Å². The molecule has 0 unspecified atom stereocenters. The second-order valence-corrected chi connectivity index (χ2v) is 10.2. The third kappa shape index (κ3) is 8.49. The number of rotatable bonds is 14. The summed E-state index contributed by atoms with van der Waals surface area (Å²) >= 11 is 0. The molecule has 8 nitrogen and oxygen atoms in total. The molecule has 1 aliphatic rings. The topological polar surface area (TPSA) is 95.1 Å². The molecule has 0 aliphatic heterocycles. The lowest BCUT2D eigenvalue weighted by molar-refractivity contribution is 0.206. The third-order valence-electron chi connectivity index (χ3n) is 4.16. The summed E-state index contributed by atoms with van der Waals surface area (Å²) in [6, 6.07) is 0.212. The van der Waals surface area contributed by atoms with Crippen molar-refractivity contribution >= 4 is 15.2 Å². The Hall–Kier alpha value is 0.220. The van der Waals surface area contributed by atoms with Gasteiger partial charge >= 0.3 is 15.2 Å². The van der Waals surface area contributed by atoms with Crippen LogP contribution in [0.15, 0.2) is 0 Å². The molecule has 0 amide bonds. The van der Waals surface area contributed by atoms with Gasteiger partial charge in [-0.05, 0) is 40.5 Å². The lowest BCUT2D eigenvalue weighted by atomic mass is 9.91. The lowest BCUT2D eigenvalue weighted by Crippen LogP contribution is -2.50. The van der Waals surface area contributed by atoms with E-state index < -0.39 is 15.2 Å². The molecule has 0 aromatic heterocycles. The molecule has 156 valence electrons. The monoisotopic (exact) mass is 414 g/mol. The molecule has 2 N–H and O–H groups in total. The SMILES string of the molecule is CCOP(=O)(CN[C@@H]1CCCC[C@H]1NCP(=O)(OCC)OCC)OCC. The Balaban J connectivity index is 2.63. The van der Waals surface area contributed by atoms with Crippen LogP contribution in [0.25, 0.3) is 0 Å². The van der Waals surface area contributed by atoms with E-state index in [0.717, 1.165) is 25.7 Å². The van der Waals surface area contributed by atoms with Crippen LogP contribution in [0.2, 0.25) is 0 Å². The fourth-order valence-electron chi connectivity index (χ4n) is 3.12. The highest BCUT2D eigenvalue weighted by atomic mass is 31.2. The second kappa shape index (κ2) is 12.6. The number of hydrogen-bond acceptors (Lipinski definition) is 8. The van der Waals surface area contributed by atoms with Crippen LogP contribution in [0.4, 0.5) is 0 Å². The molecule has 0 aromatic rings. The molecule has 1 aliphatic carbocycles. The standard InChI is InChI=1S/C16H36N2O6P2/c1-5-21-25(19,22-6-2)13-17-15-11-9-10-12-16(15)18-14-26(20,23-7-3)24-8-4/h15-18H,5-14H2,1-4H3/t15-,16-/m1/s1. The highest BCUT2D eigenvalue weighted by Crippen LogP contribution is 2.48. The molecule has 1 fully saturated rings. The van der Waals surface area contributed by atoms with Crippen molar-refractivity contribution in [2.24, 2.45) is 0 Å². The zero-order chi connectivity index (χ0) is 19.5. The normalized spacial score (nSPS) is 21.8. The van der Waals surface area contributed by atoms with E-state index in [-0.39, 0.29) is 24.7 Å². The van der Waals surface area contributed by atoms with Gasteiger partial charge in [0.15, 0.2) is 0 Å². The highest BCUT2D eigenvalue weighted by Gasteiger charge is 2.32. The van der Waals surface area contributed by atoms with Crippen molar-refractivity contribution < 1.29 is 27.2 Å². The van der Waals surface area contributed by atoms with Gasteiger partial charge in [0.25, 0.3) is 0 Å². The van der Waals surface area contributed by atoms with Crippen LogP contribution in [0.5, 0.6) is 0 Å². The van der Waals surface area contributed by atoms with Gasteiger partial charge in [0, 0.05) is 12.1 Å². The first-order valence-corrected chi connectivity index (χ1v) is 13.1. The molecular formula is C16H36N2O6P2. The summed E-state index contributed by atoms with van der Waals surface area (Å²) in [6.45, 7) is 8.58. The van der Waals surface area contributed by atoms with E-state index in [1.54, 1.807) is 27.7 Å². The fourth-order valence-corrected chi connectivity index (χ4v) is 6.13. The lowest BCUT2D eigenvalue weighted by Gasteiger charge is -2.34. The Morgan fingerprint density at radius 1 is 0.692 bits per heavy atom. The summed E-state index contributed by atoms with van der Waals surface area (Å²) in [5.41, 5.74) is 0. The largest absolute Gasteiger partial charge is 0.344 e. The summed E-state index contributed by atoms with van der Waals surface area (Å²) in [6.07, 6.45) is 4.43. The molecule has 0 aromatic carbocycles. The molecule has 26 heavy (non-hydrogen) atoms. The Morgan fingerprint density at radius 2 is 1.00 bits per heavy atom. The molecule has 0 saturated heterocycles. The predicted molar refractivity (Wildman–Crippen MR) is 104 cm³/mol. The van der Waals surface area contributed by atoms with Crippen LogP contribution in [0.3, 0.4) is 0 Å². The van der Waals surface area contributed by atoms with E-state index in [4.69, 9.17) is 18.1 Å². The quantitative estimate of drug-likeness (QED) is 0.413. The minimum Gasteiger partial charge on any atom is -0.308 e. The van der Waals surface area contributed by atoms with Crippen molar-refractivity contribution in [1.29, 1.82) is 0 Å². The van der Waals surface area contributed by atoms with Crippen molar-refractivity contribution in [3.8, 4) is 0 Å². The molecule has 1 rings (SSSR count). The van der Waals surface area contributed by atoms with Crippen LogP contribution < -0.4 is 10.6 Å². The van der Waals surface area contributed by atoms with Gasteiger partial charge in [-0.1, -0.05) is 12.8 Å². The Morgan fingerprint density at radius 3 is 1.27 bits per heavy atom. The maximum absolute atomic E-state index is 12.6. The van der Waals surface area contributed by atoms with Gasteiger partial charge in [-0.2, -0.15) is 0 Å². The van der Waals surface area contributed by atoms with Gasteiger partial charge in [0.05, 0.1) is 39.0 Å². The smallest absolute Gasteiger partial charge is 0.308 e. The zero-order valence-corrected chi connectivity index (χ0v) is 18.4. The maximum Gasteiger partial charge on any atom is 0.344 e. The predicted octanol–water partition coefficient (Wildman–Crippen LogP) is 3.92. The first kappa shape index (κ1) is 24.3. The zero-order valence-electron chi connectivity index (χ0n) is 16.6. The van der Waals surface area contributed by atoms with Crippen LogP contribution in [0, 0.1) is 0 Å². The Kier molecular flexibility index (Phi) is 11.8. The average Bonchev–Trinajstić information content (AvgIpc) is 2.60. The third-order valence-corrected chi connectivity index (χ3v) is 7.91. The summed E-state index contributed by atoms with van der Waals surface area (Å²) in [5, 5.41) is 6.67. The summed E-state index contributed by atoms with van der Waals surface area (Å²) in [5.74, 6) is 0. The minimum atomic E-state index is -3.13. The first-order chi connectivity index (χ1) is 12.4. The van der Waals surface area contributed by atoms with E-state index in [0.29, 0.717) is 26.4 Å². The first-order valence-electron chi connectivity index (χ1n) is 9.65. The van der Waals surface area contributed by atoms with Crippen molar-refractivity contribution in [3.05, 3.63) is 0 Å². The van der Waals surface area contributed by atoms with Crippen LogP contribution in [-0.2, 0) is 27.2 Å². The van der Waals surface area contributed by atoms with Crippen molar-refractivity contribution in [2.45, 2.75) is 65.5 Å². The molecule has 2 atom stereocenters. The van der Waals surface area contributed by atoms with Gasteiger partial charge < -0.3 is 28.7 Å². The van der Waals surface area contributed by atoms with Gasteiger partial charge in [0.1, 0.15) is 0 Å². The van der Waals surface area contributed by atoms with E-state index in [1.165, 1.54) is 0 Å².